The van der Waals surface area contributed by atoms with Gasteiger partial charge in [0.1, 0.15) is 19.3 Å². The third kappa shape index (κ3) is 56.8. The van der Waals surface area contributed by atoms with Crippen LogP contribution in [-0.2, 0) is 27.9 Å². The standard InChI is InChI=1S/C61H112NO7P/c1-6-8-10-12-14-16-18-20-22-24-26-28-30-31-32-34-36-38-40-42-44-46-48-50-52-54-61(63)69-60(59-68-70(64,65)67-57-55-62(3,4)5)58-66-56-53-51-49-47-45-43-41-39-37-35-33-29-27-25-23-21-19-17-15-13-11-9-7-2/h8,10,14,16,20,22,26,28,31-32,36,38,60H,6-7,9,11-13,15,17-19,21,23-25,27,29-30,33-35,37,39-59H2,1-5H3/b10-8-,16-14-,22-20-,28-26-,32-31-,38-36-. The number of quaternary nitrogens is 1. The van der Waals surface area contributed by atoms with Crippen molar-refractivity contribution in [3.8, 4) is 0 Å². The molecule has 0 fully saturated rings. The molecule has 0 aliphatic carbocycles. The van der Waals surface area contributed by atoms with Crippen molar-refractivity contribution in [3.05, 3.63) is 72.9 Å². The molecule has 9 heteroatoms. The number of esters is 1. The van der Waals surface area contributed by atoms with E-state index in [0.29, 0.717) is 24.1 Å². The lowest BCUT2D eigenvalue weighted by atomic mass is 10.0. The van der Waals surface area contributed by atoms with E-state index in [9.17, 15) is 14.3 Å². The predicted octanol–water partition coefficient (Wildman–Crippen LogP) is 17.9. The minimum Gasteiger partial charge on any atom is -0.756 e. The summed E-state index contributed by atoms with van der Waals surface area (Å²) in [7, 11) is 1.35. The second-order valence-corrected chi connectivity index (χ2v) is 22.0. The third-order valence-corrected chi connectivity index (χ3v) is 13.5. The Morgan fingerprint density at radius 2 is 0.829 bits per heavy atom. The van der Waals surface area contributed by atoms with Crippen LogP contribution in [0.2, 0.25) is 0 Å². The smallest absolute Gasteiger partial charge is 0.306 e. The van der Waals surface area contributed by atoms with Crippen LogP contribution in [0.3, 0.4) is 0 Å². The minimum absolute atomic E-state index is 0.0211. The number of likely N-dealkylation sites (N-methyl/N-ethyl adjacent to an activating group) is 1. The van der Waals surface area contributed by atoms with Gasteiger partial charge in [0, 0.05) is 13.0 Å². The van der Waals surface area contributed by atoms with E-state index >= 15 is 0 Å². The Labute approximate surface area is 433 Å². The zero-order chi connectivity index (χ0) is 51.2. The third-order valence-electron chi connectivity index (χ3n) is 12.5. The van der Waals surface area contributed by atoms with Gasteiger partial charge in [-0.1, -0.05) is 254 Å². The molecule has 70 heavy (non-hydrogen) atoms. The summed E-state index contributed by atoms with van der Waals surface area (Å²) in [6, 6.07) is 0. The van der Waals surface area contributed by atoms with Gasteiger partial charge >= 0.3 is 5.97 Å². The van der Waals surface area contributed by atoms with E-state index in [1.54, 1.807) is 0 Å². The summed E-state index contributed by atoms with van der Waals surface area (Å²) in [5.74, 6) is -0.346. The molecule has 0 aliphatic rings. The summed E-state index contributed by atoms with van der Waals surface area (Å²) in [5.41, 5.74) is 0. The first-order chi connectivity index (χ1) is 34.1. The first-order valence-electron chi connectivity index (χ1n) is 29.2. The van der Waals surface area contributed by atoms with Crippen molar-refractivity contribution in [2.75, 3.05) is 54.1 Å². The normalized spacial score (nSPS) is 14.0. The molecule has 408 valence electrons. The first kappa shape index (κ1) is 67.9. The number of hydrogen-bond donors (Lipinski definition) is 0. The molecule has 0 radical (unpaired) electrons. The Kier molecular flexibility index (Phi) is 51.7. The Hall–Kier alpha value is -2.06. The summed E-state index contributed by atoms with van der Waals surface area (Å²) >= 11 is 0. The second kappa shape index (κ2) is 53.2. The van der Waals surface area contributed by atoms with Crippen LogP contribution in [0.5, 0.6) is 0 Å². The zero-order valence-corrected chi connectivity index (χ0v) is 47.4. The van der Waals surface area contributed by atoms with E-state index in [0.717, 1.165) is 83.5 Å². The average Bonchev–Trinajstić information content (AvgIpc) is 3.32. The number of rotatable bonds is 54. The van der Waals surface area contributed by atoms with Crippen LogP contribution >= 0.6 is 7.82 Å². The van der Waals surface area contributed by atoms with E-state index in [1.807, 2.05) is 21.1 Å². The Balaban J connectivity index is 4.11. The van der Waals surface area contributed by atoms with Crippen molar-refractivity contribution < 1.29 is 37.3 Å². The van der Waals surface area contributed by atoms with Crippen molar-refractivity contribution in [1.82, 2.24) is 0 Å². The molecule has 2 atom stereocenters. The Morgan fingerprint density at radius 1 is 0.457 bits per heavy atom. The maximum atomic E-state index is 12.8. The van der Waals surface area contributed by atoms with Gasteiger partial charge in [0.15, 0.2) is 0 Å². The van der Waals surface area contributed by atoms with Crippen molar-refractivity contribution in [3.63, 3.8) is 0 Å². The van der Waals surface area contributed by atoms with Gasteiger partial charge in [0.2, 0.25) is 0 Å². The second-order valence-electron chi connectivity index (χ2n) is 20.6. The monoisotopic (exact) mass is 1000 g/mol. The Morgan fingerprint density at radius 3 is 1.24 bits per heavy atom. The van der Waals surface area contributed by atoms with Crippen LogP contribution in [0.4, 0.5) is 0 Å². The fourth-order valence-electron chi connectivity index (χ4n) is 8.08. The van der Waals surface area contributed by atoms with E-state index in [4.69, 9.17) is 18.5 Å². The number of unbranched alkanes of at least 4 members (excludes halogenated alkanes) is 28. The molecular formula is C61H112NO7P. The summed E-state index contributed by atoms with van der Waals surface area (Å²) in [6.45, 7) is 5.31. The lowest BCUT2D eigenvalue weighted by Gasteiger charge is -2.28. The summed E-state index contributed by atoms with van der Waals surface area (Å²) in [4.78, 5) is 25.3. The molecule has 2 unspecified atom stereocenters. The molecule has 0 aromatic carbocycles. The summed E-state index contributed by atoms with van der Waals surface area (Å²) in [5, 5.41) is 0. The average molecular weight is 1000 g/mol. The highest BCUT2D eigenvalue weighted by Crippen LogP contribution is 2.38. The van der Waals surface area contributed by atoms with Crippen molar-refractivity contribution >= 4 is 13.8 Å². The van der Waals surface area contributed by atoms with Crippen LogP contribution < -0.4 is 4.89 Å². The van der Waals surface area contributed by atoms with Crippen molar-refractivity contribution in [2.24, 2.45) is 0 Å². The Bertz CT molecular complexity index is 1350. The SMILES string of the molecule is CC/C=C\C/C=C\C/C=C\C/C=C\C/C=C\C/C=C\CCCCCCCCC(=O)OC(COCCCCCCCCCCCCCCCCCCCCCCCCC)COP(=O)([O-])OCC[N+](C)(C)C. The zero-order valence-electron chi connectivity index (χ0n) is 46.5. The van der Waals surface area contributed by atoms with Crippen molar-refractivity contribution in [1.29, 1.82) is 0 Å². The number of phosphoric ester groups is 1. The van der Waals surface area contributed by atoms with E-state index in [-0.39, 0.29) is 25.8 Å². The molecule has 0 rings (SSSR count). The van der Waals surface area contributed by atoms with Gasteiger partial charge in [-0.05, 0) is 64.2 Å². The van der Waals surface area contributed by atoms with Crippen molar-refractivity contribution in [2.45, 2.75) is 258 Å². The van der Waals surface area contributed by atoms with Crippen LogP contribution in [0.1, 0.15) is 251 Å². The molecule has 0 heterocycles. The lowest BCUT2D eigenvalue weighted by molar-refractivity contribution is -0.870. The molecule has 0 aromatic rings. The first-order valence-corrected chi connectivity index (χ1v) is 30.6. The van der Waals surface area contributed by atoms with Gasteiger partial charge < -0.3 is 27.9 Å². The fraction of sp³-hybridized carbons (Fsp3) is 0.787. The van der Waals surface area contributed by atoms with E-state index in [1.165, 1.54) is 148 Å². The quantitative estimate of drug-likeness (QED) is 0.0197. The summed E-state index contributed by atoms with van der Waals surface area (Å²) < 4.78 is 34.9. The number of allylic oxidation sites excluding steroid dienone is 12. The van der Waals surface area contributed by atoms with Crippen LogP contribution in [0.15, 0.2) is 72.9 Å². The van der Waals surface area contributed by atoms with Gasteiger partial charge in [-0.3, -0.25) is 9.36 Å². The van der Waals surface area contributed by atoms with Gasteiger partial charge in [-0.2, -0.15) is 0 Å². The molecule has 0 saturated heterocycles. The topological polar surface area (TPSA) is 94.1 Å². The highest BCUT2D eigenvalue weighted by atomic mass is 31.2. The lowest BCUT2D eigenvalue weighted by Crippen LogP contribution is -2.37. The van der Waals surface area contributed by atoms with E-state index in [2.05, 4.69) is 86.8 Å². The number of nitrogens with zero attached hydrogens (tertiary/aromatic N) is 1. The molecule has 0 saturated carbocycles. The van der Waals surface area contributed by atoms with Crippen LogP contribution in [-0.4, -0.2) is 70.7 Å². The molecule has 0 aromatic heterocycles. The predicted molar refractivity (Wildman–Crippen MR) is 300 cm³/mol. The molecule has 0 N–H and O–H groups in total. The number of carbonyl (C=O) groups excluding carboxylic acids is 1. The number of hydrogen-bond acceptors (Lipinski definition) is 7. The minimum atomic E-state index is -4.54. The molecule has 0 bridgehead atoms. The molecule has 0 amide bonds. The molecular weight excluding hydrogens is 890 g/mol. The van der Waals surface area contributed by atoms with E-state index < -0.39 is 13.9 Å². The largest absolute Gasteiger partial charge is 0.756 e. The highest BCUT2D eigenvalue weighted by molar-refractivity contribution is 7.45. The number of carbonyl (C=O) groups is 1. The number of phosphoric acid groups is 1. The highest BCUT2D eigenvalue weighted by Gasteiger charge is 2.20. The van der Waals surface area contributed by atoms with Gasteiger partial charge in [0.25, 0.3) is 7.82 Å². The van der Waals surface area contributed by atoms with Gasteiger partial charge in [-0.25, -0.2) is 0 Å². The molecule has 0 spiro atoms. The molecule has 8 nitrogen and oxygen atoms in total. The van der Waals surface area contributed by atoms with Gasteiger partial charge in [0.05, 0.1) is 34.4 Å². The summed E-state index contributed by atoms with van der Waals surface area (Å²) in [6.07, 6.45) is 70.9. The number of ether oxygens (including phenoxy) is 2. The fourth-order valence-corrected chi connectivity index (χ4v) is 8.81. The van der Waals surface area contributed by atoms with Gasteiger partial charge in [-0.15, -0.1) is 0 Å². The van der Waals surface area contributed by atoms with Crippen LogP contribution in [0, 0.1) is 0 Å². The van der Waals surface area contributed by atoms with Crippen LogP contribution in [0.25, 0.3) is 0 Å². The maximum Gasteiger partial charge on any atom is 0.306 e. The molecule has 0 aliphatic heterocycles. The maximum absolute atomic E-state index is 12.8.